The van der Waals surface area contributed by atoms with E-state index in [1.54, 1.807) is 0 Å². The Kier molecular flexibility index (Phi) is 3.85. The van der Waals surface area contributed by atoms with Crippen LogP contribution in [0.5, 0.6) is 0 Å². The molecule has 0 aromatic heterocycles. The fourth-order valence-electron chi connectivity index (χ4n) is 2.74. The van der Waals surface area contributed by atoms with Crippen molar-refractivity contribution in [3.05, 3.63) is 35.4 Å². The molecular weight excluding hydrogens is 210 g/mol. The van der Waals surface area contributed by atoms with Gasteiger partial charge in [-0.05, 0) is 38.8 Å². The van der Waals surface area contributed by atoms with E-state index in [4.69, 9.17) is 0 Å². The molecule has 1 aromatic carbocycles. The minimum absolute atomic E-state index is 0.233. The monoisotopic (exact) mass is 233 g/mol. The van der Waals surface area contributed by atoms with Gasteiger partial charge < -0.3 is 10.4 Å². The summed E-state index contributed by atoms with van der Waals surface area (Å²) in [5.74, 6) is 0. The van der Waals surface area contributed by atoms with E-state index in [0.29, 0.717) is 0 Å². The number of hydrogen-bond donors (Lipinski definition) is 2. The van der Waals surface area contributed by atoms with Crippen molar-refractivity contribution in [1.29, 1.82) is 0 Å². The van der Waals surface area contributed by atoms with Crippen LogP contribution < -0.4 is 5.32 Å². The quantitative estimate of drug-likeness (QED) is 0.840. The lowest BCUT2D eigenvalue weighted by molar-refractivity contribution is 0.0104. The van der Waals surface area contributed by atoms with Crippen LogP contribution >= 0.6 is 0 Å². The first-order valence-corrected chi connectivity index (χ1v) is 6.59. The molecule has 2 unspecified atom stereocenters. The Morgan fingerprint density at radius 1 is 1.41 bits per heavy atom. The van der Waals surface area contributed by atoms with Gasteiger partial charge in [0.05, 0.1) is 5.60 Å². The minimum atomic E-state index is -0.645. The van der Waals surface area contributed by atoms with Crippen molar-refractivity contribution >= 4 is 0 Å². The van der Waals surface area contributed by atoms with Crippen molar-refractivity contribution in [3.8, 4) is 0 Å². The molecule has 0 radical (unpaired) electrons. The molecule has 2 N–H and O–H groups in total. The molecular formula is C15H23NO. The Morgan fingerprint density at radius 3 is 2.88 bits per heavy atom. The first-order chi connectivity index (χ1) is 8.08. The third-order valence-corrected chi connectivity index (χ3v) is 3.71. The number of aryl methyl sites for hydroxylation is 1. The summed E-state index contributed by atoms with van der Waals surface area (Å²) in [5.41, 5.74) is 1.84. The molecule has 1 saturated heterocycles. The highest BCUT2D eigenvalue weighted by molar-refractivity contribution is 5.24. The Bertz CT molecular complexity index is 367. The lowest BCUT2D eigenvalue weighted by Crippen LogP contribution is -2.52. The van der Waals surface area contributed by atoms with E-state index in [1.807, 2.05) is 6.92 Å². The van der Waals surface area contributed by atoms with E-state index in [9.17, 15) is 5.11 Å². The maximum absolute atomic E-state index is 10.6. The van der Waals surface area contributed by atoms with Crippen LogP contribution in [0, 0.1) is 6.92 Å². The van der Waals surface area contributed by atoms with Gasteiger partial charge in [-0.1, -0.05) is 36.2 Å². The van der Waals surface area contributed by atoms with Gasteiger partial charge in [-0.15, -0.1) is 0 Å². The van der Waals surface area contributed by atoms with E-state index in [2.05, 4.69) is 36.5 Å². The van der Waals surface area contributed by atoms with E-state index in [-0.39, 0.29) is 6.04 Å². The van der Waals surface area contributed by atoms with Crippen LogP contribution in [0.15, 0.2) is 24.3 Å². The Labute approximate surface area is 104 Å². The van der Waals surface area contributed by atoms with Gasteiger partial charge in [0.2, 0.25) is 0 Å². The molecule has 1 heterocycles. The predicted octanol–water partition coefficient (Wildman–Crippen LogP) is 2.43. The van der Waals surface area contributed by atoms with Gasteiger partial charge in [0.25, 0.3) is 0 Å². The van der Waals surface area contributed by atoms with Gasteiger partial charge in [0, 0.05) is 12.5 Å². The summed E-state index contributed by atoms with van der Waals surface area (Å²) in [4.78, 5) is 0. The second-order valence-electron chi connectivity index (χ2n) is 5.53. The number of benzene rings is 1. The molecule has 1 aromatic rings. The van der Waals surface area contributed by atoms with Crippen LogP contribution in [0.25, 0.3) is 0 Å². The highest BCUT2D eigenvalue weighted by Crippen LogP contribution is 2.23. The number of rotatable bonds is 3. The van der Waals surface area contributed by atoms with E-state index in [0.717, 1.165) is 19.4 Å². The van der Waals surface area contributed by atoms with Crippen molar-refractivity contribution in [2.75, 3.05) is 6.54 Å². The van der Waals surface area contributed by atoms with Gasteiger partial charge in [-0.3, -0.25) is 0 Å². The smallest absolute Gasteiger partial charge is 0.0812 e. The average Bonchev–Trinajstić information content (AvgIpc) is 2.29. The predicted molar refractivity (Wildman–Crippen MR) is 71.1 cm³/mol. The summed E-state index contributed by atoms with van der Waals surface area (Å²) >= 11 is 0. The summed E-state index contributed by atoms with van der Waals surface area (Å²) < 4.78 is 0. The minimum Gasteiger partial charge on any atom is -0.388 e. The zero-order valence-electron chi connectivity index (χ0n) is 10.9. The first-order valence-electron chi connectivity index (χ1n) is 6.59. The molecule has 94 valence electrons. The highest BCUT2D eigenvalue weighted by Gasteiger charge is 2.32. The van der Waals surface area contributed by atoms with Crippen molar-refractivity contribution in [3.63, 3.8) is 0 Å². The fraction of sp³-hybridized carbons (Fsp3) is 0.600. The van der Waals surface area contributed by atoms with Gasteiger partial charge in [0.15, 0.2) is 0 Å². The fourth-order valence-corrected chi connectivity index (χ4v) is 2.74. The van der Waals surface area contributed by atoms with Crippen LogP contribution in [0.2, 0.25) is 0 Å². The lowest BCUT2D eigenvalue weighted by Gasteiger charge is -2.36. The molecule has 2 rings (SSSR count). The van der Waals surface area contributed by atoms with E-state index in [1.165, 1.54) is 24.0 Å². The van der Waals surface area contributed by atoms with Gasteiger partial charge >= 0.3 is 0 Å². The SMILES string of the molecule is Cc1cccc(CC(C)(O)C2CCCCN2)c1. The Balaban J connectivity index is 2.05. The van der Waals surface area contributed by atoms with Gasteiger partial charge in [-0.25, -0.2) is 0 Å². The molecule has 1 fully saturated rings. The lowest BCUT2D eigenvalue weighted by atomic mass is 9.84. The van der Waals surface area contributed by atoms with Crippen LogP contribution in [0.3, 0.4) is 0 Å². The molecule has 1 aliphatic heterocycles. The number of hydrogen-bond acceptors (Lipinski definition) is 2. The summed E-state index contributed by atoms with van der Waals surface area (Å²) in [6.45, 7) is 5.09. The molecule has 0 spiro atoms. The van der Waals surface area contributed by atoms with Gasteiger partial charge in [0.1, 0.15) is 0 Å². The molecule has 0 aliphatic carbocycles. The molecule has 2 atom stereocenters. The molecule has 17 heavy (non-hydrogen) atoms. The van der Waals surface area contributed by atoms with Crippen molar-refractivity contribution in [2.24, 2.45) is 0 Å². The molecule has 0 saturated carbocycles. The van der Waals surface area contributed by atoms with Crippen molar-refractivity contribution in [1.82, 2.24) is 5.32 Å². The number of nitrogens with one attached hydrogen (secondary N) is 1. The van der Waals surface area contributed by atoms with Crippen molar-refractivity contribution < 1.29 is 5.11 Å². The van der Waals surface area contributed by atoms with Crippen LogP contribution in [-0.2, 0) is 6.42 Å². The van der Waals surface area contributed by atoms with Crippen molar-refractivity contribution in [2.45, 2.75) is 51.2 Å². The normalized spacial score (nSPS) is 24.3. The largest absolute Gasteiger partial charge is 0.388 e. The molecule has 2 nitrogen and oxygen atoms in total. The third kappa shape index (κ3) is 3.30. The molecule has 0 bridgehead atoms. The van der Waals surface area contributed by atoms with Crippen LogP contribution in [-0.4, -0.2) is 23.3 Å². The third-order valence-electron chi connectivity index (χ3n) is 3.71. The topological polar surface area (TPSA) is 32.3 Å². The Hall–Kier alpha value is -0.860. The second-order valence-corrected chi connectivity index (χ2v) is 5.53. The number of piperidine rings is 1. The molecule has 1 aliphatic rings. The second kappa shape index (κ2) is 5.19. The summed E-state index contributed by atoms with van der Waals surface area (Å²) in [7, 11) is 0. The zero-order valence-corrected chi connectivity index (χ0v) is 10.9. The Morgan fingerprint density at radius 2 is 2.24 bits per heavy atom. The summed E-state index contributed by atoms with van der Waals surface area (Å²) in [6.07, 6.45) is 4.27. The van der Waals surface area contributed by atoms with E-state index < -0.39 is 5.60 Å². The average molecular weight is 233 g/mol. The maximum Gasteiger partial charge on any atom is 0.0812 e. The van der Waals surface area contributed by atoms with Crippen LogP contribution in [0.1, 0.15) is 37.3 Å². The van der Waals surface area contributed by atoms with Crippen LogP contribution in [0.4, 0.5) is 0 Å². The molecule has 0 amide bonds. The summed E-state index contributed by atoms with van der Waals surface area (Å²) in [5, 5.41) is 14.1. The maximum atomic E-state index is 10.6. The zero-order chi connectivity index (χ0) is 12.3. The van der Waals surface area contributed by atoms with E-state index >= 15 is 0 Å². The summed E-state index contributed by atoms with van der Waals surface area (Å²) in [6, 6.07) is 8.66. The standard InChI is InChI=1S/C15H23NO/c1-12-6-5-7-13(10-12)11-15(2,17)14-8-3-4-9-16-14/h5-7,10,14,16-17H,3-4,8-9,11H2,1-2H3. The molecule has 2 heteroatoms. The van der Waals surface area contributed by atoms with Gasteiger partial charge in [-0.2, -0.15) is 0 Å². The number of aliphatic hydroxyl groups is 1. The first kappa shape index (κ1) is 12.6. The highest BCUT2D eigenvalue weighted by atomic mass is 16.3.